The minimum Gasteiger partial charge on any atom is -0.457 e. The van der Waals surface area contributed by atoms with Crippen LogP contribution in [0.5, 0.6) is 11.5 Å². The van der Waals surface area contributed by atoms with Gasteiger partial charge < -0.3 is 4.74 Å². The van der Waals surface area contributed by atoms with Crippen LogP contribution in [0, 0.1) is 19.3 Å². The molecular weight excluding hydrogens is 601 g/mol. The van der Waals surface area contributed by atoms with Gasteiger partial charge in [-0.15, -0.1) is 0 Å². The van der Waals surface area contributed by atoms with Crippen molar-refractivity contribution in [2.75, 3.05) is 0 Å². The second kappa shape index (κ2) is 13.4. The summed E-state index contributed by atoms with van der Waals surface area (Å²) in [6.45, 7) is 13.4. The Morgan fingerprint density at radius 1 is 0.714 bits per heavy atom. The molecule has 3 aromatic heterocycles. The number of aromatic nitrogens is 4. The lowest BCUT2D eigenvalue weighted by Gasteiger charge is -2.17. The predicted octanol–water partition coefficient (Wildman–Crippen LogP) is 11.8. The molecule has 0 unspecified atom stereocenters. The average Bonchev–Trinajstić information content (AvgIpc) is 3.58. The Kier molecular flexibility index (Phi) is 8.85. The zero-order valence-corrected chi connectivity index (χ0v) is 29.6. The Hall–Kier alpha value is -5.16. The summed E-state index contributed by atoms with van der Waals surface area (Å²) in [4.78, 5) is 4.85. The number of aryl methyl sites for hydroxylation is 3. The Bertz CT molecular complexity index is 2250. The largest absolute Gasteiger partial charge is 0.457 e. The number of hydrogen-bond donors (Lipinski definition) is 0. The van der Waals surface area contributed by atoms with E-state index in [1.54, 1.807) is 0 Å². The Balaban J connectivity index is 1.25. The van der Waals surface area contributed by atoms with Crippen molar-refractivity contribution in [2.24, 2.45) is 5.41 Å². The molecule has 0 bridgehead atoms. The highest BCUT2D eigenvalue weighted by molar-refractivity contribution is 6.09. The molecule has 0 radical (unpaired) electrons. The van der Waals surface area contributed by atoms with E-state index in [2.05, 4.69) is 131 Å². The Morgan fingerprint density at radius 3 is 2.33 bits per heavy atom. The van der Waals surface area contributed by atoms with Crippen LogP contribution in [0.1, 0.15) is 69.5 Å². The molecule has 248 valence electrons. The van der Waals surface area contributed by atoms with E-state index >= 15 is 0 Å². The summed E-state index contributed by atoms with van der Waals surface area (Å²) in [5.74, 6) is 2.47. The zero-order chi connectivity index (χ0) is 34.1. The van der Waals surface area contributed by atoms with Gasteiger partial charge in [0.2, 0.25) is 0 Å². The third-order valence-electron chi connectivity index (χ3n) is 9.54. The number of rotatable bonds is 10. The third kappa shape index (κ3) is 6.76. The molecular formula is C44H46N4O. The molecule has 0 spiro atoms. The first-order chi connectivity index (χ1) is 23.7. The van der Waals surface area contributed by atoms with Crippen LogP contribution in [-0.2, 0) is 12.8 Å². The fourth-order valence-electron chi connectivity index (χ4n) is 7.03. The van der Waals surface area contributed by atoms with Crippen molar-refractivity contribution in [2.45, 2.75) is 73.6 Å². The molecule has 0 aliphatic heterocycles. The standard InChI is InChI=1S/C44H46N4O/c1-7-32-23-25-45-42(27-32)47-40-22-19-33(14-11-12-24-44(4,5)6)26-39(40)38-21-20-37(29-41(38)47)49-36-18-13-17-35(28-36)48-31(3)43(30(2)46-48)34-15-9-8-10-16-34/h8-10,13,15-23,25-29H,7,11-12,14,24H2,1-6H3. The number of hydrogen-bond acceptors (Lipinski definition) is 3. The molecule has 0 aliphatic carbocycles. The molecule has 7 rings (SSSR count). The summed E-state index contributed by atoms with van der Waals surface area (Å²) in [6, 6.07) is 36.3. The van der Waals surface area contributed by atoms with Gasteiger partial charge in [-0.2, -0.15) is 5.10 Å². The van der Waals surface area contributed by atoms with Crippen molar-refractivity contribution >= 4 is 21.8 Å². The maximum atomic E-state index is 6.58. The van der Waals surface area contributed by atoms with Gasteiger partial charge in [0.05, 0.1) is 22.4 Å². The number of benzene rings is 4. The second-order valence-corrected chi connectivity index (χ2v) is 14.4. The van der Waals surface area contributed by atoms with Crippen molar-refractivity contribution in [1.82, 2.24) is 19.3 Å². The van der Waals surface area contributed by atoms with Crippen molar-refractivity contribution in [3.05, 3.63) is 132 Å². The van der Waals surface area contributed by atoms with Crippen molar-refractivity contribution in [3.63, 3.8) is 0 Å². The van der Waals surface area contributed by atoms with Crippen LogP contribution < -0.4 is 4.74 Å². The van der Waals surface area contributed by atoms with Gasteiger partial charge in [-0.05, 0) is 110 Å². The number of fused-ring (bicyclic) bond motifs is 3. The number of unbranched alkanes of at least 4 members (excludes halogenated alkanes) is 1. The van der Waals surface area contributed by atoms with Gasteiger partial charge in [-0.3, -0.25) is 4.57 Å². The zero-order valence-electron chi connectivity index (χ0n) is 29.6. The molecule has 0 saturated carbocycles. The lowest BCUT2D eigenvalue weighted by Crippen LogP contribution is -2.04. The van der Waals surface area contributed by atoms with E-state index in [1.807, 2.05) is 29.1 Å². The fourth-order valence-corrected chi connectivity index (χ4v) is 7.03. The SMILES string of the molecule is CCc1ccnc(-n2c3ccc(CCCCC(C)(C)C)cc3c3ccc(Oc4cccc(-n5nc(C)c(-c6ccccc6)c5C)c4)cc32)c1. The van der Waals surface area contributed by atoms with E-state index in [-0.39, 0.29) is 0 Å². The fraction of sp³-hybridized carbons (Fsp3) is 0.273. The molecule has 5 nitrogen and oxygen atoms in total. The molecule has 49 heavy (non-hydrogen) atoms. The van der Waals surface area contributed by atoms with E-state index in [1.165, 1.54) is 52.3 Å². The molecule has 0 fully saturated rings. The first-order valence-corrected chi connectivity index (χ1v) is 17.6. The highest BCUT2D eigenvalue weighted by Crippen LogP contribution is 2.37. The number of pyridine rings is 1. The molecule has 4 aromatic carbocycles. The van der Waals surface area contributed by atoms with Gasteiger partial charge in [0.25, 0.3) is 0 Å². The molecule has 0 aliphatic rings. The first-order valence-electron chi connectivity index (χ1n) is 17.6. The summed E-state index contributed by atoms with van der Waals surface area (Å²) < 4.78 is 10.9. The minimum atomic E-state index is 0.377. The topological polar surface area (TPSA) is 44.9 Å². The molecule has 7 aromatic rings. The summed E-state index contributed by atoms with van der Waals surface area (Å²) >= 11 is 0. The van der Waals surface area contributed by atoms with Crippen LogP contribution in [0.15, 0.2) is 109 Å². The lowest BCUT2D eigenvalue weighted by molar-refractivity contribution is 0.360. The van der Waals surface area contributed by atoms with Crippen molar-refractivity contribution in [1.29, 1.82) is 0 Å². The van der Waals surface area contributed by atoms with Gasteiger partial charge in [-0.1, -0.05) is 76.6 Å². The second-order valence-electron chi connectivity index (χ2n) is 14.4. The molecule has 0 atom stereocenters. The predicted molar refractivity (Wildman–Crippen MR) is 204 cm³/mol. The minimum absolute atomic E-state index is 0.377. The Morgan fingerprint density at radius 2 is 1.53 bits per heavy atom. The van der Waals surface area contributed by atoms with Gasteiger partial charge >= 0.3 is 0 Å². The van der Waals surface area contributed by atoms with E-state index in [4.69, 9.17) is 14.8 Å². The maximum Gasteiger partial charge on any atom is 0.137 e. The van der Waals surface area contributed by atoms with Gasteiger partial charge in [0.15, 0.2) is 0 Å². The van der Waals surface area contributed by atoms with Crippen LogP contribution in [0.4, 0.5) is 0 Å². The molecule has 0 N–H and O–H groups in total. The monoisotopic (exact) mass is 646 g/mol. The van der Waals surface area contributed by atoms with Gasteiger partial charge in [0.1, 0.15) is 17.3 Å². The summed E-state index contributed by atoms with van der Waals surface area (Å²) in [7, 11) is 0. The summed E-state index contributed by atoms with van der Waals surface area (Å²) in [6.07, 6.45) is 7.65. The molecule has 3 heterocycles. The van der Waals surface area contributed by atoms with E-state index < -0.39 is 0 Å². The average molecular weight is 647 g/mol. The van der Waals surface area contributed by atoms with Crippen molar-refractivity contribution < 1.29 is 4.74 Å². The molecule has 0 amide bonds. The number of nitrogens with zero attached hydrogens (tertiary/aromatic N) is 4. The van der Waals surface area contributed by atoms with E-state index in [0.29, 0.717) is 5.41 Å². The third-order valence-corrected chi connectivity index (χ3v) is 9.54. The van der Waals surface area contributed by atoms with E-state index in [0.717, 1.165) is 58.3 Å². The van der Waals surface area contributed by atoms with Gasteiger partial charge in [0, 0.05) is 40.4 Å². The van der Waals surface area contributed by atoms with E-state index in [9.17, 15) is 0 Å². The van der Waals surface area contributed by atoms with Crippen molar-refractivity contribution in [3.8, 4) is 34.1 Å². The van der Waals surface area contributed by atoms with Gasteiger partial charge in [-0.25, -0.2) is 9.67 Å². The van der Waals surface area contributed by atoms with Crippen LogP contribution in [-0.4, -0.2) is 19.3 Å². The highest BCUT2D eigenvalue weighted by Gasteiger charge is 2.18. The normalized spacial score (nSPS) is 11.9. The first kappa shape index (κ1) is 32.4. The van der Waals surface area contributed by atoms with Crippen LogP contribution >= 0.6 is 0 Å². The smallest absolute Gasteiger partial charge is 0.137 e. The van der Waals surface area contributed by atoms with Crippen LogP contribution in [0.25, 0.3) is 44.4 Å². The van der Waals surface area contributed by atoms with Crippen LogP contribution in [0.3, 0.4) is 0 Å². The maximum absolute atomic E-state index is 6.58. The van der Waals surface area contributed by atoms with Crippen LogP contribution in [0.2, 0.25) is 0 Å². The Labute approximate surface area is 290 Å². The summed E-state index contributed by atoms with van der Waals surface area (Å²) in [5, 5.41) is 7.37. The number of ether oxygens (including phenoxy) is 1. The quantitative estimate of drug-likeness (QED) is 0.139. The molecule has 0 saturated heterocycles. The molecule has 5 heteroatoms. The summed E-state index contributed by atoms with van der Waals surface area (Å²) in [5.41, 5.74) is 10.7. The lowest BCUT2D eigenvalue weighted by atomic mass is 9.89. The highest BCUT2D eigenvalue weighted by atomic mass is 16.5.